The lowest BCUT2D eigenvalue weighted by molar-refractivity contribution is 0.701. The highest BCUT2D eigenvalue weighted by atomic mass is 35.5. The smallest absolute Gasteiger partial charge is 0.205 e. The van der Waals surface area contributed by atoms with Crippen LogP contribution >= 0.6 is 11.6 Å². The minimum Gasteiger partial charge on any atom is -0.264 e. The van der Waals surface area contributed by atoms with Crippen LogP contribution in [0.25, 0.3) is 28.3 Å². The number of halogens is 1. The minimum atomic E-state index is 0.482. The van der Waals surface area contributed by atoms with Crippen molar-refractivity contribution in [2.24, 2.45) is 0 Å². The van der Waals surface area contributed by atoms with Gasteiger partial charge in [0.1, 0.15) is 0 Å². The van der Waals surface area contributed by atoms with Crippen molar-refractivity contribution in [1.29, 1.82) is 0 Å². The van der Waals surface area contributed by atoms with E-state index in [1.54, 1.807) is 12.4 Å². The van der Waals surface area contributed by atoms with Gasteiger partial charge in [0.05, 0.1) is 0 Å². The second-order valence-electron chi connectivity index (χ2n) is 5.51. The molecule has 1 aromatic carbocycles. The number of aromatic nitrogens is 6. The molecule has 0 aliphatic carbocycles. The maximum absolute atomic E-state index is 6.31. The van der Waals surface area contributed by atoms with Gasteiger partial charge in [-0.15, -0.1) is 15.0 Å². The van der Waals surface area contributed by atoms with Crippen LogP contribution in [0.15, 0.2) is 61.1 Å². The van der Waals surface area contributed by atoms with E-state index in [0.29, 0.717) is 16.7 Å². The van der Waals surface area contributed by atoms with E-state index in [2.05, 4.69) is 25.4 Å². The van der Waals surface area contributed by atoms with Gasteiger partial charge in [-0.25, -0.2) is 4.98 Å². The zero-order chi connectivity index (χ0) is 17.2. The van der Waals surface area contributed by atoms with E-state index in [1.807, 2.05) is 55.6 Å². The SMILES string of the molecule is Cc1ccncc1-c1cc(Cl)cc(-c2nnn(-c3ccccn3)n2)c1. The van der Waals surface area contributed by atoms with Gasteiger partial charge in [-0.3, -0.25) is 4.98 Å². The molecule has 0 atom stereocenters. The molecule has 122 valence electrons. The van der Waals surface area contributed by atoms with Crippen LogP contribution in [0.4, 0.5) is 0 Å². The monoisotopic (exact) mass is 348 g/mol. The molecule has 6 nitrogen and oxygen atoms in total. The summed E-state index contributed by atoms with van der Waals surface area (Å²) in [6.45, 7) is 2.03. The van der Waals surface area contributed by atoms with Gasteiger partial charge in [0.15, 0.2) is 5.82 Å². The third-order valence-corrected chi connectivity index (χ3v) is 3.99. The highest BCUT2D eigenvalue weighted by molar-refractivity contribution is 6.31. The van der Waals surface area contributed by atoms with Crippen LogP contribution in [0, 0.1) is 6.92 Å². The molecule has 0 aliphatic rings. The number of benzene rings is 1. The number of rotatable bonds is 3. The fraction of sp³-hybridized carbons (Fsp3) is 0.0556. The molecule has 0 bridgehead atoms. The van der Waals surface area contributed by atoms with Gasteiger partial charge in [0.25, 0.3) is 0 Å². The van der Waals surface area contributed by atoms with Crippen molar-refractivity contribution in [1.82, 2.24) is 30.2 Å². The molecule has 0 radical (unpaired) electrons. The predicted octanol–water partition coefficient (Wildman–Crippen LogP) is 3.75. The minimum absolute atomic E-state index is 0.482. The lowest BCUT2D eigenvalue weighted by atomic mass is 10.0. The molecule has 0 saturated heterocycles. The summed E-state index contributed by atoms with van der Waals surface area (Å²) >= 11 is 6.31. The quantitative estimate of drug-likeness (QED) is 0.564. The molecule has 3 aromatic heterocycles. The van der Waals surface area contributed by atoms with Crippen LogP contribution in [0.5, 0.6) is 0 Å². The zero-order valence-electron chi connectivity index (χ0n) is 13.3. The summed E-state index contributed by atoms with van der Waals surface area (Å²) in [4.78, 5) is 9.81. The molecular weight excluding hydrogens is 336 g/mol. The summed E-state index contributed by atoms with van der Waals surface area (Å²) < 4.78 is 0. The van der Waals surface area contributed by atoms with Crippen molar-refractivity contribution in [3.05, 3.63) is 71.6 Å². The van der Waals surface area contributed by atoms with Crippen LogP contribution in [0.2, 0.25) is 5.02 Å². The Morgan fingerprint density at radius 1 is 1.00 bits per heavy atom. The number of pyridine rings is 2. The van der Waals surface area contributed by atoms with Crippen molar-refractivity contribution in [2.75, 3.05) is 0 Å². The van der Waals surface area contributed by atoms with Gasteiger partial charge in [-0.05, 0) is 59.7 Å². The van der Waals surface area contributed by atoms with E-state index >= 15 is 0 Å². The lowest BCUT2D eigenvalue weighted by Crippen LogP contribution is -2.00. The van der Waals surface area contributed by atoms with E-state index in [-0.39, 0.29) is 0 Å². The number of tetrazole rings is 1. The third-order valence-electron chi connectivity index (χ3n) is 3.77. The maximum atomic E-state index is 6.31. The lowest BCUT2D eigenvalue weighted by Gasteiger charge is -2.07. The molecular formula is C18H13ClN6. The third kappa shape index (κ3) is 3.12. The Morgan fingerprint density at radius 3 is 2.68 bits per heavy atom. The van der Waals surface area contributed by atoms with Crippen LogP contribution in [0.3, 0.4) is 0 Å². The van der Waals surface area contributed by atoms with Gasteiger partial charge in [-0.2, -0.15) is 0 Å². The molecule has 25 heavy (non-hydrogen) atoms. The van der Waals surface area contributed by atoms with E-state index < -0.39 is 0 Å². The Labute approximate surface area is 149 Å². The fourth-order valence-corrected chi connectivity index (χ4v) is 2.77. The first-order chi connectivity index (χ1) is 12.2. The first-order valence-electron chi connectivity index (χ1n) is 7.64. The number of hydrogen-bond donors (Lipinski definition) is 0. The van der Waals surface area contributed by atoms with Crippen molar-refractivity contribution in [3.63, 3.8) is 0 Å². The normalized spacial score (nSPS) is 10.8. The van der Waals surface area contributed by atoms with Gasteiger partial charge in [-0.1, -0.05) is 17.7 Å². The standard InChI is InChI=1S/C18H13ClN6/c1-12-5-7-20-11-16(12)13-8-14(10-15(19)9-13)18-22-24-25(23-18)17-4-2-3-6-21-17/h2-11H,1H3. The molecule has 0 unspecified atom stereocenters. The van der Waals surface area contributed by atoms with Gasteiger partial charge < -0.3 is 0 Å². The van der Waals surface area contributed by atoms with Crippen LogP contribution in [-0.4, -0.2) is 30.2 Å². The fourth-order valence-electron chi connectivity index (χ4n) is 2.54. The summed E-state index contributed by atoms with van der Waals surface area (Å²) in [5, 5.41) is 13.2. The molecule has 7 heteroatoms. The second kappa shape index (κ2) is 6.41. The Balaban J connectivity index is 1.77. The Hall–Kier alpha value is -3.12. The van der Waals surface area contributed by atoms with E-state index in [0.717, 1.165) is 22.3 Å². The van der Waals surface area contributed by atoms with Gasteiger partial charge >= 0.3 is 0 Å². The number of aryl methyl sites for hydroxylation is 1. The second-order valence-corrected chi connectivity index (χ2v) is 5.95. The summed E-state index contributed by atoms with van der Waals surface area (Å²) in [6.07, 6.45) is 5.27. The molecule has 4 rings (SSSR count). The highest BCUT2D eigenvalue weighted by Crippen LogP contribution is 2.30. The first kappa shape index (κ1) is 15.4. The number of nitrogens with zero attached hydrogens (tertiary/aromatic N) is 6. The molecule has 0 amide bonds. The van der Waals surface area contributed by atoms with E-state index in [4.69, 9.17) is 11.6 Å². The summed E-state index contributed by atoms with van der Waals surface area (Å²) in [5.74, 6) is 1.09. The first-order valence-corrected chi connectivity index (χ1v) is 8.02. The zero-order valence-corrected chi connectivity index (χ0v) is 14.1. The average Bonchev–Trinajstić information content (AvgIpc) is 3.12. The average molecular weight is 349 g/mol. The van der Waals surface area contributed by atoms with Gasteiger partial charge in [0, 0.05) is 34.7 Å². The van der Waals surface area contributed by atoms with Gasteiger partial charge in [0.2, 0.25) is 5.82 Å². The molecule has 0 aliphatic heterocycles. The summed E-state index contributed by atoms with van der Waals surface area (Å²) in [7, 11) is 0. The molecule has 0 fully saturated rings. The van der Waals surface area contributed by atoms with Crippen molar-refractivity contribution in [3.8, 4) is 28.3 Å². The Morgan fingerprint density at radius 2 is 1.88 bits per heavy atom. The largest absolute Gasteiger partial charge is 0.264 e. The topological polar surface area (TPSA) is 69.4 Å². The van der Waals surface area contributed by atoms with Crippen LogP contribution in [0.1, 0.15) is 5.56 Å². The predicted molar refractivity (Wildman–Crippen MR) is 95.4 cm³/mol. The number of hydrogen-bond acceptors (Lipinski definition) is 5. The Kier molecular flexibility index (Phi) is 3.95. The van der Waals surface area contributed by atoms with Crippen molar-refractivity contribution in [2.45, 2.75) is 6.92 Å². The van der Waals surface area contributed by atoms with E-state index in [1.165, 1.54) is 4.80 Å². The van der Waals surface area contributed by atoms with Crippen LogP contribution in [-0.2, 0) is 0 Å². The Bertz CT molecular complexity index is 1030. The van der Waals surface area contributed by atoms with E-state index in [9.17, 15) is 0 Å². The van der Waals surface area contributed by atoms with Crippen molar-refractivity contribution >= 4 is 11.6 Å². The molecule has 0 spiro atoms. The summed E-state index contributed by atoms with van der Waals surface area (Å²) in [5.41, 5.74) is 3.88. The molecule has 0 saturated carbocycles. The highest BCUT2D eigenvalue weighted by Gasteiger charge is 2.12. The molecule has 4 aromatic rings. The summed E-state index contributed by atoms with van der Waals surface area (Å²) in [6, 6.07) is 13.2. The molecule has 0 N–H and O–H groups in total. The maximum Gasteiger partial charge on any atom is 0.205 e. The van der Waals surface area contributed by atoms with Crippen LogP contribution < -0.4 is 0 Å². The molecule has 3 heterocycles. The van der Waals surface area contributed by atoms with Crippen molar-refractivity contribution < 1.29 is 0 Å².